The molecule has 1 aromatic rings. The van der Waals surface area contributed by atoms with Crippen molar-refractivity contribution in [1.82, 2.24) is 0 Å². The molecule has 1 unspecified atom stereocenters. The van der Waals surface area contributed by atoms with E-state index in [1.165, 1.54) is 5.56 Å². The fraction of sp³-hybridized carbons (Fsp3) is 0.250. The van der Waals surface area contributed by atoms with Crippen LogP contribution in [0.5, 0.6) is 0 Å². The lowest BCUT2D eigenvalue weighted by atomic mass is 10.0. The lowest BCUT2D eigenvalue weighted by Gasteiger charge is -2.09. The van der Waals surface area contributed by atoms with E-state index in [2.05, 4.69) is 24.4 Å². The van der Waals surface area contributed by atoms with Crippen LogP contribution in [-0.2, 0) is 0 Å². The van der Waals surface area contributed by atoms with Gasteiger partial charge in [0.05, 0.1) is 0 Å². The van der Waals surface area contributed by atoms with E-state index in [0.29, 0.717) is 0 Å². The largest absolute Gasteiger partial charge is 0.324 e. The van der Waals surface area contributed by atoms with Crippen LogP contribution in [0.25, 0.3) is 0 Å². The first-order chi connectivity index (χ1) is 6.34. The highest BCUT2D eigenvalue weighted by atomic mass is 14.6. The van der Waals surface area contributed by atoms with Crippen molar-refractivity contribution >= 4 is 0 Å². The van der Waals surface area contributed by atoms with Crippen molar-refractivity contribution in [3.8, 4) is 0 Å². The molecule has 0 radical (unpaired) electrons. The number of hydrogen-bond acceptors (Lipinski definition) is 1. The molecule has 0 amide bonds. The summed E-state index contributed by atoms with van der Waals surface area (Å²) in [5.41, 5.74) is 9.91. The third-order valence-electron chi connectivity index (χ3n) is 1.99. The maximum absolute atomic E-state index is 5.97. The molecule has 13 heavy (non-hydrogen) atoms. The molecule has 68 valence electrons. The van der Waals surface area contributed by atoms with Gasteiger partial charge < -0.3 is 5.73 Å². The maximum atomic E-state index is 5.97. The van der Waals surface area contributed by atoms with Gasteiger partial charge in [0, 0.05) is 6.04 Å². The molecule has 0 aromatic heterocycles. The first-order valence-corrected chi connectivity index (χ1v) is 4.49. The minimum atomic E-state index is 0.130. The Morgan fingerprint density at radius 2 is 2.08 bits per heavy atom. The molecule has 1 aromatic carbocycles. The lowest BCUT2D eigenvalue weighted by Crippen LogP contribution is -2.09. The zero-order valence-electron chi connectivity index (χ0n) is 7.74. The fourth-order valence-electron chi connectivity index (χ4n) is 1.23. The number of nitrogens with two attached hydrogens (primary N) is 1. The van der Waals surface area contributed by atoms with Gasteiger partial charge in [-0.2, -0.15) is 0 Å². The van der Waals surface area contributed by atoms with Crippen LogP contribution in [0.3, 0.4) is 0 Å². The van der Waals surface area contributed by atoms with Crippen molar-refractivity contribution < 1.29 is 0 Å². The Kier molecular flexibility index (Phi) is 4.04. The Morgan fingerprint density at radius 3 is 2.69 bits per heavy atom. The Bertz CT molecular complexity index is 283. The van der Waals surface area contributed by atoms with Crippen LogP contribution in [0.4, 0.5) is 0 Å². The van der Waals surface area contributed by atoms with Crippen molar-refractivity contribution in [3.63, 3.8) is 0 Å². The molecule has 0 aliphatic carbocycles. The van der Waals surface area contributed by atoms with Gasteiger partial charge in [0.15, 0.2) is 0 Å². The van der Waals surface area contributed by atoms with Crippen LogP contribution in [0.1, 0.15) is 24.4 Å². The van der Waals surface area contributed by atoms with Gasteiger partial charge in [-0.05, 0) is 24.5 Å². The van der Waals surface area contributed by atoms with Crippen molar-refractivity contribution in [3.05, 3.63) is 54.3 Å². The summed E-state index contributed by atoms with van der Waals surface area (Å²) < 4.78 is 0. The molecular weight excluding hydrogens is 158 g/mol. The maximum Gasteiger partial charge on any atom is 0.0298 e. The van der Waals surface area contributed by atoms with Gasteiger partial charge in [0.25, 0.3) is 0 Å². The molecule has 0 spiro atoms. The highest BCUT2D eigenvalue weighted by molar-refractivity contribution is 5.18. The Hall–Kier alpha value is -1.30. The predicted molar refractivity (Wildman–Crippen MR) is 56.3 cm³/mol. The van der Waals surface area contributed by atoms with E-state index in [0.717, 1.165) is 12.8 Å². The van der Waals surface area contributed by atoms with Crippen molar-refractivity contribution in [1.29, 1.82) is 0 Å². The van der Waals surface area contributed by atoms with Gasteiger partial charge in [-0.25, -0.2) is 0 Å². The molecule has 1 atom stereocenters. The second kappa shape index (κ2) is 5.36. The van der Waals surface area contributed by atoms with Gasteiger partial charge in [-0.15, -0.1) is 5.73 Å². The monoisotopic (exact) mass is 173 g/mol. The standard InChI is InChI=1S/C12H15N/c1-2-3-5-10-12(13)11-8-6-4-7-9-11/h3-4,6-9,12H,1,5,10,13H2. The number of hydrogen-bond donors (Lipinski definition) is 1. The van der Waals surface area contributed by atoms with E-state index >= 15 is 0 Å². The van der Waals surface area contributed by atoms with Crippen molar-refractivity contribution in [2.75, 3.05) is 0 Å². The number of benzene rings is 1. The minimum Gasteiger partial charge on any atom is -0.324 e. The summed E-state index contributed by atoms with van der Waals surface area (Å²) in [6, 6.07) is 10.3. The molecule has 2 N–H and O–H groups in total. The summed E-state index contributed by atoms with van der Waals surface area (Å²) in [7, 11) is 0. The van der Waals surface area contributed by atoms with E-state index in [4.69, 9.17) is 5.73 Å². The summed E-state index contributed by atoms with van der Waals surface area (Å²) in [4.78, 5) is 0. The highest BCUT2D eigenvalue weighted by Gasteiger charge is 2.02. The van der Waals surface area contributed by atoms with Gasteiger partial charge in [-0.3, -0.25) is 0 Å². The van der Waals surface area contributed by atoms with E-state index < -0.39 is 0 Å². The van der Waals surface area contributed by atoms with Gasteiger partial charge in [-0.1, -0.05) is 36.9 Å². The van der Waals surface area contributed by atoms with Gasteiger partial charge in [0.2, 0.25) is 0 Å². The quantitative estimate of drug-likeness (QED) is 0.696. The molecule has 0 aliphatic rings. The SMILES string of the molecule is C=C=CCCC(N)c1ccccc1. The number of rotatable bonds is 4. The molecule has 0 aliphatic heterocycles. The molecule has 0 heterocycles. The first-order valence-electron chi connectivity index (χ1n) is 4.49. The summed E-state index contributed by atoms with van der Waals surface area (Å²) in [5.74, 6) is 0. The second-order valence-electron chi connectivity index (χ2n) is 3.00. The first kappa shape index (κ1) is 9.79. The van der Waals surface area contributed by atoms with Crippen molar-refractivity contribution in [2.45, 2.75) is 18.9 Å². The molecular formula is C12H15N. The average molecular weight is 173 g/mol. The van der Waals surface area contributed by atoms with Crippen LogP contribution >= 0.6 is 0 Å². The van der Waals surface area contributed by atoms with Crippen LogP contribution in [-0.4, -0.2) is 0 Å². The smallest absolute Gasteiger partial charge is 0.0298 e. The van der Waals surface area contributed by atoms with E-state index in [-0.39, 0.29) is 6.04 Å². The Balaban J connectivity index is 2.48. The Morgan fingerprint density at radius 1 is 1.38 bits per heavy atom. The predicted octanol–water partition coefficient (Wildman–Crippen LogP) is 2.81. The summed E-state index contributed by atoms with van der Waals surface area (Å²) >= 11 is 0. The Labute approximate surface area is 79.6 Å². The number of allylic oxidation sites excluding steroid dienone is 1. The zero-order chi connectivity index (χ0) is 9.52. The normalized spacial score (nSPS) is 11.8. The summed E-state index contributed by atoms with van der Waals surface area (Å²) in [6.45, 7) is 3.51. The molecule has 1 nitrogen and oxygen atoms in total. The average Bonchev–Trinajstić information content (AvgIpc) is 2.19. The third-order valence-corrected chi connectivity index (χ3v) is 1.99. The molecule has 1 heteroatoms. The van der Waals surface area contributed by atoms with E-state index in [1.54, 1.807) is 0 Å². The zero-order valence-corrected chi connectivity index (χ0v) is 7.74. The molecule has 0 saturated carbocycles. The van der Waals surface area contributed by atoms with Crippen LogP contribution < -0.4 is 5.73 Å². The van der Waals surface area contributed by atoms with Gasteiger partial charge in [0.1, 0.15) is 0 Å². The highest BCUT2D eigenvalue weighted by Crippen LogP contribution is 2.14. The van der Waals surface area contributed by atoms with Gasteiger partial charge >= 0.3 is 0 Å². The van der Waals surface area contributed by atoms with Crippen LogP contribution in [0.15, 0.2) is 48.7 Å². The topological polar surface area (TPSA) is 26.0 Å². The fourth-order valence-corrected chi connectivity index (χ4v) is 1.23. The summed E-state index contributed by atoms with van der Waals surface area (Å²) in [5, 5.41) is 0. The molecule has 1 rings (SSSR count). The molecule has 0 saturated heterocycles. The second-order valence-corrected chi connectivity index (χ2v) is 3.00. The van der Waals surface area contributed by atoms with E-state index in [1.807, 2.05) is 24.3 Å². The van der Waals surface area contributed by atoms with Crippen LogP contribution in [0.2, 0.25) is 0 Å². The lowest BCUT2D eigenvalue weighted by molar-refractivity contribution is 0.661. The van der Waals surface area contributed by atoms with Crippen LogP contribution in [0, 0.1) is 0 Å². The molecule has 0 fully saturated rings. The third kappa shape index (κ3) is 3.29. The van der Waals surface area contributed by atoms with E-state index in [9.17, 15) is 0 Å². The minimum absolute atomic E-state index is 0.130. The van der Waals surface area contributed by atoms with Crippen molar-refractivity contribution in [2.24, 2.45) is 5.73 Å². The molecule has 0 bridgehead atoms. The summed E-state index contributed by atoms with van der Waals surface area (Å²) in [6.07, 6.45) is 3.81.